The molecule has 0 saturated carbocycles. The lowest BCUT2D eigenvalue weighted by Crippen LogP contribution is -2.49. The van der Waals surface area contributed by atoms with E-state index >= 15 is 0 Å². The van der Waals surface area contributed by atoms with Gasteiger partial charge < -0.3 is 0 Å². The number of hydrogen-bond donors (Lipinski definition) is 0. The van der Waals surface area contributed by atoms with Crippen LogP contribution in [0.3, 0.4) is 0 Å². The smallest absolute Gasteiger partial charge is 0.189 e. The Kier molecular flexibility index (Phi) is 4.11. The highest BCUT2D eigenvalue weighted by Gasteiger charge is 2.59. The third-order valence-electron chi connectivity index (χ3n) is 5.37. The summed E-state index contributed by atoms with van der Waals surface area (Å²) in [5.74, 6) is -0.568. The number of fused-ring (bicyclic) bond motifs is 3. The Balaban J connectivity index is 1.99. The van der Waals surface area contributed by atoms with E-state index in [1.54, 1.807) is 16.6 Å². The SMILES string of the molecule is O=S(=O)(c1cccc(F)c1)C12CCN(Cl)C1CCc1cc(Cl)ccc12. The van der Waals surface area contributed by atoms with Crippen molar-refractivity contribution in [3.05, 3.63) is 64.4 Å². The van der Waals surface area contributed by atoms with Crippen LogP contribution in [0.15, 0.2) is 47.4 Å². The summed E-state index contributed by atoms with van der Waals surface area (Å²) >= 11 is 12.5. The first-order valence-electron chi connectivity index (χ1n) is 8.08. The van der Waals surface area contributed by atoms with Gasteiger partial charge in [0, 0.05) is 17.6 Å². The Morgan fingerprint density at radius 1 is 1.20 bits per heavy atom. The van der Waals surface area contributed by atoms with Gasteiger partial charge in [0.2, 0.25) is 0 Å². The number of hydrogen-bond acceptors (Lipinski definition) is 3. The van der Waals surface area contributed by atoms with E-state index in [2.05, 4.69) is 0 Å². The molecule has 2 aliphatic rings. The van der Waals surface area contributed by atoms with Gasteiger partial charge >= 0.3 is 0 Å². The fraction of sp³-hybridized carbons (Fsp3) is 0.333. The molecule has 0 aromatic heterocycles. The first-order valence-corrected chi connectivity index (χ1v) is 10.3. The molecule has 1 heterocycles. The largest absolute Gasteiger partial charge is 0.223 e. The number of nitrogens with zero attached hydrogens (tertiary/aromatic N) is 1. The second-order valence-corrected chi connectivity index (χ2v) is 9.66. The molecular weight excluding hydrogens is 384 g/mol. The Hall–Kier alpha value is -1.14. The van der Waals surface area contributed by atoms with E-state index in [0.717, 1.165) is 17.2 Å². The molecule has 0 amide bonds. The highest BCUT2D eigenvalue weighted by Crippen LogP contribution is 2.53. The number of benzene rings is 2. The fourth-order valence-electron chi connectivity index (χ4n) is 4.29. The first kappa shape index (κ1) is 17.3. The van der Waals surface area contributed by atoms with Crippen molar-refractivity contribution in [1.82, 2.24) is 4.42 Å². The van der Waals surface area contributed by atoms with Gasteiger partial charge in [-0.1, -0.05) is 23.7 Å². The summed E-state index contributed by atoms with van der Waals surface area (Å²) in [7, 11) is -3.85. The van der Waals surface area contributed by atoms with Crippen molar-refractivity contribution in [2.75, 3.05) is 6.54 Å². The standard InChI is InChI=1S/C18H16Cl2FNO2S/c19-13-5-6-16-12(10-13)4-7-17-18(16,8-9-22(17)20)25(23,24)15-3-1-2-14(21)11-15/h1-3,5-6,10-11,17H,4,7-9H2. The van der Waals surface area contributed by atoms with Crippen molar-refractivity contribution in [1.29, 1.82) is 0 Å². The zero-order valence-electron chi connectivity index (χ0n) is 13.3. The maximum Gasteiger partial charge on any atom is 0.189 e. The predicted octanol–water partition coefficient (Wildman–Crippen LogP) is 4.32. The molecule has 0 N–H and O–H groups in total. The minimum absolute atomic E-state index is 0.00716. The summed E-state index contributed by atoms with van der Waals surface area (Å²) in [5, 5.41) is 0.580. The average molecular weight is 400 g/mol. The molecule has 1 fully saturated rings. The maximum atomic E-state index is 13.7. The number of rotatable bonds is 2. The van der Waals surface area contributed by atoms with Crippen molar-refractivity contribution in [3.8, 4) is 0 Å². The molecule has 25 heavy (non-hydrogen) atoms. The Morgan fingerprint density at radius 3 is 2.76 bits per heavy atom. The minimum Gasteiger partial charge on any atom is -0.223 e. The molecule has 3 nitrogen and oxygen atoms in total. The molecule has 1 aliphatic carbocycles. The van der Waals surface area contributed by atoms with Crippen molar-refractivity contribution < 1.29 is 12.8 Å². The van der Waals surface area contributed by atoms with Crippen LogP contribution in [-0.4, -0.2) is 25.4 Å². The van der Waals surface area contributed by atoms with Gasteiger partial charge in [-0.25, -0.2) is 17.2 Å². The summed E-state index contributed by atoms with van der Waals surface area (Å²) in [4.78, 5) is -0.00716. The molecule has 4 rings (SSSR count). The third kappa shape index (κ3) is 2.44. The van der Waals surface area contributed by atoms with Gasteiger partial charge in [-0.05, 0) is 72.5 Å². The van der Waals surface area contributed by atoms with Crippen LogP contribution in [-0.2, 0) is 21.0 Å². The molecule has 1 saturated heterocycles. The zero-order valence-corrected chi connectivity index (χ0v) is 15.6. The first-order chi connectivity index (χ1) is 11.9. The number of aryl methyl sites for hydroxylation is 1. The van der Waals surface area contributed by atoms with E-state index in [0.29, 0.717) is 30.8 Å². The summed E-state index contributed by atoms with van der Waals surface area (Å²) in [6, 6.07) is 10.2. The molecule has 2 unspecified atom stereocenters. The van der Waals surface area contributed by atoms with Crippen LogP contribution in [0.25, 0.3) is 0 Å². The van der Waals surface area contributed by atoms with Crippen LogP contribution >= 0.6 is 23.4 Å². The topological polar surface area (TPSA) is 37.4 Å². The summed E-state index contributed by atoms with van der Waals surface area (Å²) in [5.41, 5.74) is 1.66. The van der Waals surface area contributed by atoms with Crippen LogP contribution in [0.5, 0.6) is 0 Å². The second-order valence-electron chi connectivity index (χ2n) is 6.58. The lowest BCUT2D eigenvalue weighted by atomic mass is 9.79. The van der Waals surface area contributed by atoms with Gasteiger partial charge in [0.15, 0.2) is 9.84 Å². The molecule has 0 spiro atoms. The number of sulfone groups is 1. The van der Waals surface area contributed by atoms with Crippen molar-refractivity contribution >= 4 is 33.2 Å². The molecule has 0 bridgehead atoms. The van der Waals surface area contributed by atoms with Gasteiger partial charge in [-0.3, -0.25) is 0 Å². The molecule has 7 heteroatoms. The van der Waals surface area contributed by atoms with Crippen LogP contribution in [0.4, 0.5) is 4.39 Å². The monoisotopic (exact) mass is 399 g/mol. The lowest BCUT2D eigenvalue weighted by Gasteiger charge is -2.41. The highest BCUT2D eigenvalue weighted by molar-refractivity contribution is 7.92. The molecule has 0 radical (unpaired) electrons. The van der Waals surface area contributed by atoms with E-state index in [9.17, 15) is 12.8 Å². The van der Waals surface area contributed by atoms with E-state index in [1.807, 2.05) is 6.07 Å². The minimum atomic E-state index is -3.85. The predicted molar refractivity (Wildman–Crippen MR) is 96.0 cm³/mol. The Labute approximate surface area is 156 Å². The van der Waals surface area contributed by atoms with Gasteiger partial charge in [0.05, 0.1) is 4.90 Å². The van der Waals surface area contributed by atoms with E-state index < -0.39 is 20.4 Å². The molecule has 2 atom stereocenters. The van der Waals surface area contributed by atoms with Crippen molar-refractivity contribution in [2.45, 2.75) is 34.9 Å². The van der Waals surface area contributed by atoms with Gasteiger partial charge in [0.25, 0.3) is 0 Å². The van der Waals surface area contributed by atoms with Crippen LogP contribution in [0, 0.1) is 5.82 Å². The fourth-order valence-corrected chi connectivity index (χ4v) is 7.29. The Morgan fingerprint density at radius 2 is 2.00 bits per heavy atom. The van der Waals surface area contributed by atoms with E-state index in [1.165, 1.54) is 18.2 Å². The highest BCUT2D eigenvalue weighted by atomic mass is 35.5. The quantitative estimate of drug-likeness (QED) is 0.705. The molecule has 132 valence electrons. The van der Waals surface area contributed by atoms with Crippen LogP contribution in [0.1, 0.15) is 24.0 Å². The summed E-state index contributed by atoms with van der Waals surface area (Å²) < 4.78 is 41.4. The summed E-state index contributed by atoms with van der Waals surface area (Å²) in [6.45, 7) is 0.461. The van der Waals surface area contributed by atoms with Gasteiger partial charge in [-0.15, -0.1) is 0 Å². The van der Waals surface area contributed by atoms with Gasteiger partial charge in [0.1, 0.15) is 10.6 Å². The second kappa shape index (κ2) is 5.95. The van der Waals surface area contributed by atoms with Crippen molar-refractivity contribution in [3.63, 3.8) is 0 Å². The normalized spacial score (nSPS) is 26.3. The van der Waals surface area contributed by atoms with Crippen LogP contribution in [0.2, 0.25) is 5.02 Å². The van der Waals surface area contributed by atoms with Crippen molar-refractivity contribution in [2.24, 2.45) is 0 Å². The molecule has 2 aromatic rings. The van der Waals surface area contributed by atoms with Gasteiger partial charge in [-0.2, -0.15) is 0 Å². The Bertz CT molecular complexity index is 950. The van der Waals surface area contributed by atoms with Crippen LogP contribution < -0.4 is 0 Å². The van der Waals surface area contributed by atoms with E-state index in [-0.39, 0.29) is 10.9 Å². The third-order valence-corrected chi connectivity index (χ3v) is 8.54. The number of halogens is 3. The average Bonchev–Trinajstić information content (AvgIpc) is 2.93. The maximum absolute atomic E-state index is 13.7. The summed E-state index contributed by atoms with van der Waals surface area (Å²) in [6.07, 6.45) is 1.70. The van der Waals surface area contributed by atoms with E-state index in [4.69, 9.17) is 23.4 Å². The lowest BCUT2D eigenvalue weighted by molar-refractivity contribution is 0.331. The molecular formula is C18H16Cl2FNO2S. The zero-order chi connectivity index (χ0) is 17.8. The molecule has 1 aliphatic heterocycles. The molecule has 2 aromatic carbocycles.